The Balaban J connectivity index is 1.52. The summed E-state index contributed by atoms with van der Waals surface area (Å²) in [7, 11) is 1.68. The van der Waals surface area contributed by atoms with Crippen LogP contribution in [0.2, 0.25) is 0 Å². The molecule has 22 heavy (non-hydrogen) atoms. The molecule has 5 heteroatoms. The molecule has 0 unspecified atom stereocenters. The number of benzene rings is 1. The van der Waals surface area contributed by atoms with E-state index in [0.29, 0.717) is 12.3 Å². The van der Waals surface area contributed by atoms with Gasteiger partial charge in [-0.3, -0.25) is 4.79 Å². The minimum Gasteiger partial charge on any atom is -0.497 e. The molecule has 0 aromatic heterocycles. The molecule has 1 aromatic rings. The van der Waals surface area contributed by atoms with Crippen molar-refractivity contribution in [1.82, 2.24) is 4.90 Å². The molecule has 0 bridgehead atoms. The van der Waals surface area contributed by atoms with E-state index in [0.717, 1.165) is 57.3 Å². The molecule has 5 nitrogen and oxygen atoms in total. The molecule has 0 aliphatic carbocycles. The lowest BCUT2D eigenvalue weighted by atomic mass is 10.0. The molecule has 0 spiro atoms. The first-order chi connectivity index (χ1) is 10.8. The number of carbonyl (C=O) groups is 1. The number of hydrogen-bond acceptors (Lipinski definition) is 4. The molecule has 2 saturated heterocycles. The monoisotopic (exact) mass is 304 g/mol. The Kier molecular flexibility index (Phi) is 4.83. The van der Waals surface area contributed by atoms with Crippen molar-refractivity contribution in [2.45, 2.75) is 12.8 Å². The fourth-order valence-electron chi connectivity index (χ4n) is 3.14. The van der Waals surface area contributed by atoms with Crippen molar-refractivity contribution in [2.24, 2.45) is 5.92 Å². The molecule has 2 fully saturated rings. The Morgan fingerprint density at radius 1 is 1.32 bits per heavy atom. The summed E-state index contributed by atoms with van der Waals surface area (Å²) in [4.78, 5) is 16.6. The molecule has 1 amide bonds. The summed E-state index contributed by atoms with van der Waals surface area (Å²) in [5.74, 6) is 1.57. The van der Waals surface area contributed by atoms with Gasteiger partial charge in [-0.15, -0.1) is 0 Å². The number of nitrogens with zero attached hydrogens (tertiary/aromatic N) is 2. The zero-order chi connectivity index (χ0) is 15.4. The van der Waals surface area contributed by atoms with Gasteiger partial charge in [0.05, 0.1) is 7.11 Å². The van der Waals surface area contributed by atoms with Crippen molar-refractivity contribution in [3.63, 3.8) is 0 Å². The zero-order valence-electron chi connectivity index (χ0n) is 13.2. The fraction of sp³-hybridized carbons (Fsp3) is 0.588. The summed E-state index contributed by atoms with van der Waals surface area (Å²) in [6.07, 6.45) is 1.66. The van der Waals surface area contributed by atoms with Crippen molar-refractivity contribution < 1.29 is 14.3 Å². The smallest absolute Gasteiger partial charge is 0.223 e. The van der Waals surface area contributed by atoms with Gasteiger partial charge in [0, 0.05) is 57.6 Å². The maximum Gasteiger partial charge on any atom is 0.223 e. The third-order valence-electron chi connectivity index (χ3n) is 4.54. The lowest BCUT2D eigenvalue weighted by Gasteiger charge is -2.36. The molecule has 0 N–H and O–H groups in total. The van der Waals surface area contributed by atoms with E-state index in [4.69, 9.17) is 9.47 Å². The third kappa shape index (κ3) is 3.53. The fourth-order valence-corrected chi connectivity index (χ4v) is 3.14. The van der Waals surface area contributed by atoms with Crippen LogP contribution in [0.1, 0.15) is 12.8 Å². The van der Waals surface area contributed by atoms with Gasteiger partial charge < -0.3 is 19.3 Å². The average molecular weight is 304 g/mol. The van der Waals surface area contributed by atoms with E-state index in [1.54, 1.807) is 7.11 Å². The highest BCUT2D eigenvalue weighted by atomic mass is 16.5. The maximum atomic E-state index is 12.3. The summed E-state index contributed by atoms with van der Waals surface area (Å²) in [6, 6.07) is 8.10. The summed E-state index contributed by atoms with van der Waals surface area (Å²) in [5, 5.41) is 0. The van der Waals surface area contributed by atoms with Gasteiger partial charge in [-0.05, 0) is 24.5 Å². The average Bonchev–Trinajstić information content (AvgIpc) is 3.08. The van der Waals surface area contributed by atoms with Crippen molar-refractivity contribution >= 4 is 11.6 Å². The second-order valence-electron chi connectivity index (χ2n) is 6.00. The molecule has 2 aliphatic heterocycles. The summed E-state index contributed by atoms with van der Waals surface area (Å²) < 4.78 is 10.6. The second-order valence-corrected chi connectivity index (χ2v) is 6.00. The predicted octanol–water partition coefficient (Wildman–Crippen LogP) is 1.77. The van der Waals surface area contributed by atoms with Gasteiger partial charge in [0.25, 0.3) is 0 Å². The number of ether oxygens (including phenoxy) is 2. The van der Waals surface area contributed by atoms with Crippen molar-refractivity contribution in [2.75, 3.05) is 51.4 Å². The SMILES string of the molecule is COc1cccc(N2CCN(C(=O)C[C@@H]3CCOC3)CC2)c1. The molecular formula is C17H24N2O3. The number of hydrogen-bond donors (Lipinski definition) is 0. The highest BCUT2D eigenvalue weighted by molar-refractivity contribution is 5.76. The van der Waals surface area contributed by atoms with Gasteiger partial charge in [0.2, 0.25) is 5.91 Å². The quantitative estimate of drug-likeness (QED) is 0.850. The number of amides is 1. The van der Waals surface area contributed by atoms with Crippen LogP contribution in [-0.2, 0) is 9.53 Å². The molecule has 1 aromatic carbocycles. The normalized spacial score (nSPS) is 22.0. The van der Waals surface area contributed by atoms with Crippen molar-refractivity contribution in [3.05, 3.63) is 24.3 Å². The number of carbonyl (C=O) groups excluding carboxylic acids is 1. The minimum atomic E-state index is 0.279. The molecular weight excluding hydrogens is 280 g/mol. The topological polar surface area (TPSA) is 42.0 Å². The molecule has 0 saturated carbocycles. The number of methoxy groups -OCH3 is 1. The Bertz CT molecular complexity index is 506. The van der Waals surface area contributed by atoms with E-state index in [1.807, 2.05) is 23.1 Å². The third-order valence-corrected chi connectivity index (χ3v) is 4.54. The Morgan fingerprint density at radius 2 is 2.14 bits per heavy atom. The van der Waals surface area contributed by atoms with Crippen LogP contribution in [0.4, 0.5) is 5.69 Å². The first-order valence-corrected chi connectivity index (χ1v) is 8.01. The number of rotatable bonds is 4. The summed E-state index contributed by atoms with van der Waals surface area (Å²) in [6.45, 7) is 4.89. The standard InChI is InChI=1S/C17H24N2O3/c1-21-16-4-2-3-15(12-16)18-6-8-19(9-7-18)17(20)11-14-5-10-22-13-14/h2-4,12,14H,5-11,13H2,1H3/t14-/m0/s1. The molecule has 0 radical (unpaired) electrons. The van der Waals surface area contributed by atoms with Crippen molar-refractivity contribution in [3.8, 4) is 5.75 Å². The minimum absolute atomic E-state index is 0.279. The van der Waals surface area contributed by atoms with Crippen LogP contribution in [0.5, 0.6) is 5.75 Å². The van der Waals surface area contributed by atoms with Gasteiger partial charge in [-0.25, -0.2) is 0 Å². The highest BCUT2D eigenvalue weighted by Crippen LogP contribution is 2.23. The van der Waals surface area contributed by atoms with Gasteiger partial charge in [-0.1, -0.05) is 6.07 Å². The highest BCUT2D eigenvalue weighted by Gasteiger charge is 2.25. The van der Waals surface area contributed by atoms with Crippen LogP contribution in [0.15, 0.2) is 24.3 Å². The van der Waals surface area contributed by atoms with Crippen LogP contribution in [0.3, 0.4) is 0 Å². The molecule has 2 heterocycles. The lowest BCUT2D eigenvalue weighted by molar-refractivity contribution is -0.132. The van der Waals surface area contributed by atoms with E-state index in [2.05, 4.69) is 11.0 Å². The van der Waals surface area contributed by atoms with Crippen LogP contribution >= 0.6 is 0 Å². The van der Waals surface area contributed by atoms with Crippen LogP contribution in [0.25, 0.3) is 0 Å². The van der Waals surface area contributed by atoms with E-state index in [1.165, 1.54) is 0 Å². The first-order valence-electron chi connectivity index (χ1n) is 8.01. The Hall–Kier alpha value is -1.75. The van der Waals surface area contributed by atoms with Crippen LogP contribution < -0.4 is 9.64 Å². The predicted molar refractivity (Wildman–Crippen MR) is 85.3 cm³/mol. The Labute approximate surface area is 131 Å². The largest absolute Gasteiger partial charge is 0.497 e. The van der Waals surface area contributed by atoms with Gasteiger partial charge in [-0.2, -0.15) is 0 Å². The molecule has 1 atom stereocenters. The van der Waals surface area contributed by atoms with Gasteiger partial charge in [0.15, 0.2) is 0 Å². The van der Waals surface area contributed by atoms with E-state index >= 15 is 0 Å². The molecule has 3 rings (SSSR count). The maximum absolute atomic E-state index is 12.3. The zero-order valence-corrected chi connectivity index (χ0v) is 13.2. The number of anilines is 1. The van der Waals surface area contributed by atoms with E-state index in [-0.39, 0.29) is 5.91 Å². The Morgan fingerprint density at radius 3 is 2.82 bits per heavy atom. The second kappa shape index (κ2) is 7.01. The summed E-state index contributed by atoms with van der Waals surface area (Å²) in [5.41, 5.74) is 1.16. The van der Waals surface area contributed by atoms with Crippen LogP contribution in [0, 0.1) is 5.92 Å². The van der Waals surface area contributed by atoms with Crippen molar-refractivity contribution in [1.29, 1.82) is 0 Å². The first kappa shape index (κ1) is 15.2. The molecule has 120 valence electrons. The molecule has 2 aliphatic rings. The van der Waals surface area contributed by atoms with E-state index < -0.39 is 0 Å². The summed E-state index contributed by atoms with van der Waals surface area (Å²) >= 11 is 0. The van der Waals surface area contributed by atoms with Gasteiger partial charge >= 0.3 is 0 Å². The van der Waals surface area contributed by atoms with Gasteiger partial charge in [0.1, 0.15) is 5.75 Å². The van der Waals surface area contributed by atoms with E-state index in [9.17, 15) is 4.79 Å². The lowest BCUT2D eigenvalue weighted by Crippen LogP contribution is -2.49. The van der Waals surface area contributed by atoms with Crippen LogP contribution in [-0.4, -0.2) is 57.3 Å². The number of piperazine rings is 1.